The van der Waals surface area contributed by atoms with E-state index < -0.39 is 11.9 Å². The first kappa shape index (κ1) is 37.5. The van der Waals surface area contributed by atoms with Gasteiger partial charge in [0.2, 0.25) is 17.6 Å². The fraction of sp³-hybridized carbons (Fsp3) is 0.432. The molecule has 0 unspecified atom stereocenters. The number of aromatic amines is 1. The quantitative estimate of drug-likeness (QED) is 0.180. The lowest BCUT2D eigenvalue weighted by Crippen LogP contribution is -2.52. The highest BCUT2D eigenvalue weighted by atomic mass is 35.5. The average Bonchev–Trinajstić information content (AvgIpc) is 3.68. The average molecular weight is 715 g/mol. The molecule has 13 nitrogen and oxygen atoms in total. The highest BCUT2D eigenvalue weighted by Gasteiger charge is 2.36. The van der Waals surface area contributed by atoms with Crippen molar-refractivity contribution in [2.24, 2.45) is 23.3 Å². The SMILES string of the molecule is Cc1nc(C(=O)NC2CCN(C)CC2)ccc1-c1ccc(C[C@@H](C(N)=O)N(C(=O)C2CCC(CN)CC2)c2ccc(-c3nn[nH]n3)cc2)cc1.Cl. The standard InChI is InChI=1S/C37H46N10O3.ClH/c1-23-31(15-16-32(40-23)36(49)41-29-17-19-46(2)20-18-29)26-7-3-24(4-8-26)21-33(34(39)48)47(37(50)28-9-5-25(22-38)6-10-28)30-13-11-27(12-14-30)35-42-44-45-43-35;/h3-4,7-8,11-16,25,28-29,33H,5-6,9-10,17-22,38H2,1-2H3,(H2,39,48)(H,41,49)(H,42,43,44,45);1H/t25?,28?,33-;/m0./s1. The molecule has 0 radical (unpaired) electrons. The second-order valence-corrected chi connectivity index (χ2v) is 13.6. The number of H-pyrrole nitrogens is 1. The number of halogens is 1. The van der Waals surface area contributed by atoms with E-state index in [0.29, 0.717) is 42.5 Å². The number of amides is 3. The van der Waals surface area contributed by atoms with Gasteiger partial charge in [-0.15, -0.1) is 22.6 Å². The summed E-state index contributed by atoms with van der Waals surface area (Å²) in [5, 5.41) is 17.3. The van der Waals surface area contributed by atoms with Crippen LogP contribution in [0.15, 0.2) is 60.7 Å². The maximum Gasteiger partial charge on any atom is 0.270 e. The van der Waals surface area contributed by atoms with Crippen LogP contribution in [0, 0.1) is 18.8 Å². The number of likely N-dealkylation sites (tertiary alicyclic amines) is 1. The number of benzene rings is 2. The van der Waals surface area contributed by atoms with Gasteiger partial charge in [0.05, 0.1) is 0 Å². The molecule has 270 valence electrons. The van der Waals surface area contributed by atoms with Crippen molar-refractivity contribution in [3.05, 3.63) is 77.6 Å². The van der Waals surface area contributed by atoms with Crippen molar-refractivity contribution in [1.82, 2.24) is 35.8 Å². The fourth-order valence-corrected chi connectivity index (χ4v) is 7.13. The number of aromatic nitrogens is 5. The number of anilines is 1. The fourth-order valence-electron chi connectivity index (χ4n) is 7.13. The van der Waals surface area contributed by atoms with Crippen molar-refractivity contribution >= 4 is 35.8 Å². The summed E-state index contributed by atoms with van der Waals surface area (Å²) in [4.78, 5) is 48.8. The molecule has 6 rings (SSSR count). The first-order chi connectivity index (χ1) is 24.2. The molecule has 1 aliphatic heterocycles. The summed E-state index contributed by atoms with van der Waals surface area (Å²) < 4.78 is 0. The van der Waals surface area contributed by atoms with Crippen molar-refractivity contribution < 1.29 is 14.4 Å². The van der Waals surface area contributed by atoms with Crippen molar-refractivity contribution in [3.63, 3.8) is 0 Å². The molecule has 1 aliphatic carbocycles. The molecule has 4 aromatic rings. The molecule has 1 atom stereocenters. The Balaban J connectivity index is 0.00000504. The molecule has 0 bridgehead atoms. The van der Waals surface area contributed by atoms with E-state index >= 15 is 0 Å². The van der Waals surface area contributed by atoms with E-state index in [1.165, 1.54) is 0 Å². The predicted molar refractivity (Wildman–Crippen MR) is 198 cm³/mol. The molecule has 1 saturated carbocycles. The Labute approximate surface area is 304 Å². The summed E-state index contributed by atoms with van der Waals surface area (Å²) >= 11 is 0. The summed E-state index contributed by atoms with van der Waals surface area (Å²) in [6, 6.07) is 17.9. The third-order valence-corrected chi connectivity index (χ3v) is 10.2. The predicted octanol–water partition coefficient (Wildman–Crippen LogP) is 3.68. The Morgan fingerprint density at radius 2 is 1.61 bits per heavy atom. The Morgan fingerprint density at radius 3 is 2.20 bits per heavy atom. The number of primary amides is 1. The number of hydrogen-bond donors (Lipinski definition) is 4. The van der Waals surface area contributed by atoms with Crippen molar-refractivity contribution in [3.8, 4) is 22.5 Å². The van der Waals surface area contributed by atoms with Crippen LogP contribution >= 0.6 is 12.4 Å². The number of piperidine rings is 1. The van der Waals surface area contributed by atoms with Gasteiger partial charge in [-0.3, -0.25) is 19.3 Å². The second-order valence-electron chi connectivity index (χ2n) is 13.6. The lowest BCUT2D eigenvalue weighted by Gasteiger charge is -2.35. The van der Waals surface area contributed by atoms with E-state index in [1.54, 1.807) is 35.2 Å². The molecule has 0 spiro atoms. The summed E-state index contributed by atoms with van der Waals surface area (Å²) in [5.74, 6) is -0.258. The first-order valence-electron chi connectivity index (χ1n) is 17.4. The monoisotopic (exact) mass is 714 g/mol. The number of pyridine rings is 1. The maximum atomic E-state index is 14.2. The van der Waals surface area contributed by atoms with E-state index in [1.807, 2.05) is 37.3 Å². The normalized spacial score (nSPS) is 18.7. The van der Waals surface area contributed by atoms with Gasteiger partial charge >= 0.3 is 0 Å². The van der Waals surface area contributed by atoms with Gasteiger partial charge in [0, 0.05) is 40.9 Å². The van der Waals surface area contributed by atoms with Gasteiger partial charge in [-0.25, -0.2) is 4.98 Å². The zero-order valence-electron chi connectivity index (χ0n) is 29.1. The molecule has 2 aliphatic rings. The number of carbonyl (C=O) groups is 3. The molecule has 2 fully saturated rings. The number of nitrogens with two attached hydrogens (primary N) is 2. The summed E-state index contributed by atoms with van der Waals surface area (Å²) in [5.41, 5.74) is 17.1. The summed E-state index contributed by atoms with van der Waals surface area (Å²) in [6.07, 6.45) is 5.26. The molecule has 6 N–H and O–H groups in total. The zero-order valence-corrected chi connectivity index (χ0v) is 29.9. The van der Waals surface area contributed by atoms with Crippen LogP contribution in [-0.2, 0) is 16.0 Å². The molecule has 2 aromatic heterocycles. The number of nitrogens with one attached hydrogen (secondary N) is 2. The number of aryl methyl sites for hydroxylation is 1. The zero-order chi connectivity index (χ0) is 35.2. The van der Waals surface area contributed by atoms with Crippen LogP contribution in [0.2, 0.25) is 0 Å². The minimum atomic E-state index is -0.914. The van der Waals surface area contributed by atoms with Gasteiger partial charge < -0.3 is 21.7 Å². The Bertz CT molecular complexity index is 1770. The second kappa shape index (κ2) is 17.0. The summed E-state index contributed by atoms with van der Waals surface area (Å²) in [7, 11) is 2.09. The number of tetrazole rings is 1. The third-order valence-electron chi connectivity index (χ3n) is 10.2. The Morgan fingerprint density at radius 1 is 0.941 bits per heavy atom. The van der Waals surface area contributed by atoms with Crippen LogP contribution in [-0.4, -0.2) is 87.0 Å². The lowest BCUT2D eigenvalue weighted by molar-refractivity contribution is -0.127. The highest BCUT2D eigenvalue weighted by molar-refractivity contribution is 6.02. The third kappa shape index (κ3) is 8.96. The van der Waals surface area contributed by atoms with Crippen LogP contribution in [0.1, 0.15) is 60.3 Å². The van der Waals surface area contributed by atoms with E-state index in [-0.39, 0.29) is 42.6 Å². The minimum Gasteiger partial charge on any atom is -0.368 e. The van der Waals surface area contributed by atoms with Crippen LogP contribution < -0.4 is 21.7 Å². The minimum absolute atomic E-state index is 0. The van der Waals surface area contributed by atoms with Crippen LogP contribution in [0.4, 0.5) is 5.69 Å². The van der Waals surface area contributed by atoms with E-state index in [4.69, 9.17) is 11.5 Å². The number of nitrogens with zero attached hydrogens (tertiary/aromatic N) is 6. The molecule has 2 aromatic carbocycles. The van der Waals surface area contributed by atoms with E-state index in [0.717, 1.165) is 66.7 Å². The molecule has 14 heteroatoms. The molecular formula is C37H47ClN10O3. The molecule has 51 heavy (non-hydrogen) atoms. The van der Waals surface area contributed by atoms with Gasteiger partial charge in [-0.1, -0.05) is 30.3 Å². The smallest absolute Gasteiger partial charge is 0.270 e. The molecule has 1 saturated heterocycles. The topological polar surface area (TPSA) is 189 Å². The Hall–Kier alpha value is -4.72. The van der Waals surface area contributed by atoms with Crippen molar-refractivity contribution in [1.29, 1.82) is 0 Å². The Kier molecular flexibility index (Phi) is 12.5. The number of rotatable bonds is 11. The number of hydrogen-bond acceptors (Lipinski definition) is 9. The van der Waals surface area contributed by atoms with Crippen molar-refractivity contribution in [2.45, 2.75) is 64.0 Å². The van der Waals surface area contributed by atoms with Crippen LogP contribution in [0.3, 0.4) is 0 Å². The molecular weight excluding hydrogens is 668 g/mol. The van der Waals surface area contributed by atoms with Gasteiger partial charge in [0.15, 0.2) is 0 Å². The summed E-state index contributed by atoms with van der Waals surface area (Å²) in [6.45, 7) is 4.43. The highest BCUT2D eigenvalue weighted by Crippen LogP contribution is 2.33. The lowest BCUT2D eigenvalue weighted by atomic mass is 9.81. The van der Waals surface area contributed by atoms with Crippen LogP contribution in [0.25, 0.3) is 22.5 Å². The van der Waals surface area contributed by atoms with E-state index in [9.17, 15) is 14.4 Å². The van der Waals surface area contributed by atoms with Gasteiger partial charge in [-0.05, 0) is 125 Å². The molecule has 3 amide bonds. The van der Waals surface area contributed by atoms with Gasteiger partial charge in [0.25, 0.3) is 5.91 Å². The molecule has 3 heterocycles. The first-order valence-corrected chi connectivity index (χ1v) is 17.4. The van der Waals surface area contributed by atoms with Gasteiger partial charge in [0.1, 0.15) is 11.7 Å². The number of carbonyl (C=O) groups excluding carboxylic acids is 3. The van der Waals surface area contributed by atoms with E-state index in [2.05, 4.69) is 42.9 Å². The maximum absolute atomic E-state index is 14.2. The van der Waals surface area contributed by atoms with Gasteiger partial charge in [-0.2, -0.15) is 5.21 Å². The van der Waals surface area contributed by atoms with Crippen LogP contribution in [0.5, 0.6) is 0 Å². The van der Waals surface area contributed by atoms with Crippen molar-refractivity contribution in [2.75, 3.05) is 31.6 Å². The largest absolute Gasteiger partial charge is 0.368 e.